The first-order valence-electron chi connectivity index (χ1n) is 12.8. The minimum atomic E-state index is -0.940. The molecule has 0 aliphatic carbocycles. The Kier molecular flexibility index (Phi) is 8.90. The predicted octanol–water partition coefficient (Wildman–Crippen LogP) is 5.77. The molecular formula is C30H35NO6. The Hall–Kier alpha value is -3.71. The molecule has 7 nitrogen and oxygen atoms in total. The summed E-state index contributed by atoms with van der Waals surface area (Å²) in [5.74, 6) is 0.288. The normalized spacial score (nSPS) is 16.4. The summed E-state index contributed by atoms with van der Waals surface area (Å²) in [6.45, 7) is 7.30. The second-order valence-corrected chi connectivity index (χ2v) is 9.01. The van der Waals surface area contributed by atoms with Crippen LogP contribution in [-0.4, -0.2) is 41.3 Å². The topological polar surface area (TPSA) is 79.2 Å². The van der Waals surface area contributed by atoms with Crippen LogP contribution >= 0.6 is 0 Å². The van der Waals surface area contributed by atoms with E-state index in [0.29, 0.717) is 38.4 Å². The molecule has 3 unspecified atom stereocenters. The number of rotatable bonds is 13. The van der Waals surface area contributed by atoms with E-state index >= 15 is 0 Å². The number of carbonyl (C=O) groups is 1. The van der Waals surface area contributed by atoms with Crippen molar-refractivity contribution in [1.29, 1.82) is 0 Å². The van der Waals surface area contributed by atoms with Gasteiger partial charge in [-0.1, -0.05) is 49.4 Å². The molecule has 0 amide bonds. The van der Waals surface area contributed by atoms with Crippen molar-refractivity contribution in [3.05, 3.63) is 95.5 Å². The molecule has 0 saturated heterocycles. The smallest absolute Gasteiger partial charge is 0.333 e. The van der Waals surface area contributed by atoms with E-state index in [1.807, 2.05) is 62.4 Å². The fourth-order valence-electron chi connectivity index (χ4n) is 4.66. The van der Waals surface area contributed by atoms with Crippen molar-refractivity contribution in [3.8, 4) is 5.75 Å². The molecule has 1 aliphatic heterocycles. The van der Waals surface area contributed by atoms with Crippen LogP contribution < -0.4 is 4.74 Å². The number of aromatic nitrogens is 1. The van der Waals surface area contributed by atoms with Gasteiger partial charge < -0.3 is 28.6 Å². The van der Waals surface area contributed by atoms with E-state index < -0.39 is 12.1 Å². The van der Waals surface area contributed by atoms with E-state index in [-0.39, 0.29) is 12.2 Å². The van der Waals surface area contributed by atoms with E-state index in [0.717, 1.165) is 28.3 Å². The first kappa shape index (κ1) is 26.4. The second kappa shape index (κ2) is 12.5. The average Bonchev–Trinajstić information content (AvgIpc) is 3.51. The minimum absolute atomic E-state index is 0.218. The summed E-state index contributed by atoms with van der Waals surface area (Å²) in [7, 11) is 0. The van der Waals surface area contributed by atoms with Crippen LogP contribution in [0.15, 0.2) is 73.0 Å². The Morgan fingerprint density at radius 2 is 1.81 bits per heavy atom. The lowest BCUT2D eigenvalue weighted by atomic mass is 9.91. The van der Waals surface area contributed by atoms with Gasteiger partial charge in [0.15, 0.2) is 11.9 Å². The Morgan fingerprint density at radius 1 is 1.05 bits per heavy atom. The molecule has 37 heavy (non-hydrogen) atoms. The zero-order valence-electron chi connectivity index (χ0n) is 21.6. The van der Waals surface area contributed by atoms with E-state index in [4.69, 9.17) is 18.9 Å². The summed E-state index contributed by atoms with van der Waals surface area (Å²) in [6, 6.07) is 21.8. The quantitative estimate of drug-likeness (QED) is 0.318. The molecule has 0 saturated carbocycles. The summed E-state index contributed by atoms with van der Waals surface area (Å²) < 4.78 is 25.5. The van der Waals surface area contributed by atoms with Crippen LogP contribution in [0.3, 0.4) is 0 Å². The van der Waals surface area contributed by atoms with Gasteiger partial charge in [0, 0.05) is 24.6 Å². The third-order valence-corrected chi connectivity index (χ3v) is 6.57. The predicted molar refractivity (Wildman–Crippen MR) is 141 cm³/mol. The summed E-state index contributed by atoms with van der Waals surface area (Å²) in [6.07, 6.45) is 1.83. The van der Waals surface area contributed by atoms with E-state index in [9.17, 15) is 9.90 Å². The fraction of sp³-hybridized carbons (Fsp3) is 0.367. The number of carboxylic acids is 1. The number of ether oxygens (including phenoxy) is 4. The number of benzene rings is 2. The monoisotopic (exact) mass is 505 g/mol. The number of hydrogen-bond donors (Lipinski definition) is 1. The molecule has 1 aromatic heterocycles. The maximum atomic E-state index is 11.7. The van der Waals surface area contributed by atoms with Crippen molar-refractivity contribution >= 4 is 11.7 Å². The lowest BCUT2D eigenvalue weighted by Crippen LogP contribution is -2.30. The number of aryl methyl sites for hydroxylation is 1. The van der Waals surface area contributed by atoms with Crippen molar-refractivity contribution in [2.75, 3.05) is 13.2 Å². The molecule has 0 fully saturated rings. The summed E-state index contributed by atoms with van der Waals surface area (Å²) in [5.41, 5.74) is 4.14. The lowest BCUT2D eigenvalue weighted by molar-refractivity contribution is -0.151. The lowest BCUT2D eigenvalue weighted by Gasteiger charge is -2.23. The van der Waals surface area contributed by atoms with Crippen molar-refractivity contribution in [1.82, 2.24) is 4.57 Å². The van der Waals surface area contributed by atoms with Gasteiger partial charge in [-0.3, -0.25) is 0 Å². The summed E-state index contributed by atoms with van der Waals surface area (Å²) >= 11 is 0. The maximum absolute atomic E-state index is 11.7. The van der Waals surface area contributed by atoms with Crippen molar-refractivity contribution in [2.24, 2.45) is 0 Å². The molecule has 2 heterocycles. The largest absolute Gasteiger partial charge is 0.492 e. The highest BCUT2D eigenvalue weighted by Gasteiger charge is 2.29. The molecule has 1 aliphatic rings. The SMILES string of the molecule is CCOC(C(=O)O)C(CC)c1ccc(OCCn2c(C)ccc2C2=COC(Cc3ccccc3)O2)cc1. The van der Waals surface area contributed by atoms with Gasteiger partial charge in [0.1, 0.15) is 18.6 Å². The van der Waals surface area contributed by atoms with Crippen LogP contribution in [0.1, 0.15) is 48.7 Å². The number of aliphatic carboxylic acids is 1. The molecule has 196 valence electrons. The number of carboxylic acid groups (broad SMARTS) is 1. The molecular weight excluding hydrogens is 470 g/mol. The van der Waals surface area contributed by atoms with Crippen molar-refractivity contribution in [2.45, 2.75) is 58.5 Å². The van der Waals surface area contributed by atoms with Crippen LogP contribution in [0.2, 0.25) is 0 Å². The molecule has 7 heteroatoms. The number of nitrogens with zero attached hydrogens (tertiary/aromatic N) is 1. The van der Waals surface area contributed by atoms with Gasteiger partial charge in [0.2, 0.25) is 6.29 Å². The van der Waals surface area contributed by atoms with Gasteiger partial charge in [0.05, 0.1) is 12.2 Å². The van der Waals surface area contributed by atoms with Crippen molar-refractivity contribution in [3.63, 3.8) is 0 Å². The molecule has 4 rings (SSSR count). The van der Waals surface area contributed by atoms with E-state index in [1.54, 1.807) is 6.26 Å². The molecule has 2 aromatic carbocycles. The highest BCUT2D eigenvalue weighted by Crippen LogP contribution is 2.29. The fourth-order valence-corrected chi connectivity index (χ4v) is 4.66. The van der Waals surface area contributed by atoms with Gasteiger partial charge in [-0.25, -0.2) is 4.79 Å². The van der Waals surface area contributed by atoms with Gasteiger partial charge in [0.25, 0.3) is 0 Å². The third-order valence-electron chi connectivity index (χ3n) is 6.57. The molecule has 0 spiro atoms. The van der Waals surface area contributed by atoms with Gasteiger partial charge in [-0.2, -0.15) is 0 Å². The molecule has 0 radical (unpaired) electrons. The van der Waals surface area contributed by atoms with Crippen LogP contribution in [-0.2, 0) is 32.0 Å². The molecule has 0 bridgehead atoms. The Bertz CT molecular complexity index is 1180. The number of hydrogen-bond acceptors (Lipinski definition) is 5. The Labute approximate surface area is 218 Å². The molecule has 1 N–H and O–H groups in total. The Balaban J connectivity index is 1.34. The van der Waals surface area contributed by atoms with E-state index in [1.165, 1.54) is 0 Å². The minimum Gasteiger partial charge on any atom is -0.492 e. The Morgan fingerprint density at radius 3 is 2.49 bits per heavy atom. The van der Waals surface area contributed by atoms with Crippen LogP contribution in [0, 0.1) is 6.92 Å². The third kappa shape index (κ3) is 6.54. The first-order chi connectivity index (χ1) is 18.0. The highest BCUT2D eigenvalue weighted by molar-refractivity contribution is 5.73. The maximum Gasteiger partial charge on any atom is 0.333 e. The average molecular weight is 506 g/mol. The second-order valence-electron chi connectivity index (χ2n) is 9.01. The molecule has 3 atom stereocenters. The standard InChI is InChI=1S/C30H35NO6/c1-4-25(29(30(32)33)34-5-2)23-12-14-24(15-13-23)35-18-17-31-21(3)11-16-26(31)27-20-36-28(37-27)19-22-9-7-6-8-10-22/h6-16,20,25,28-29H,4-5,17-19H2,1-3H3,(H,32,33). The van der Waals surface area contributed by atoms with E-state index in [2.05, 4.69) is 29.7 Å². The van der Waals surface area contributed by atoms with Crippen molar-refractivity contribution < 1.29 is 28.8 Å². The zero-order valence-corrected chi connectivity index (χ0v) is 21.6. The summed E-state index contributed by atoms with van der Waals surface area (Å²) in [4.78, 5) is 11.7. The molecule has 3 aromatic rings. The zero-order chi connectivity index (χ0) is 26.2. The summed E-state index contributed by atoms with van der Waals surface area (Å²) in [5, 5.41) is 9.56. The first-order valence-corrected chi connectivity index (χ1v) is 12.8. The van der Waals surface area contributed by atoms with Crippen LogP contribution in [0.4, 0.5) is 0 Å². The van der Waals surface area contributed by atoms with Crippen LogP contribution in [0.25, 0.3) is 5.76 Å². The van der Waals surface area contributed by atoms with Crippen LogP contribution in [0.5, 0.6) is 5.75 Å². The van der Waals surface area contributed by atoms with Gasteiger partial charge in [-0.15, -0.1) is 0 Å². The van der Waals surface area contributed by atoms with Gasteiger partial charge in [-0.05, 0) is 55.7 Å². The highest BCUT2D eigenvalue weighted by atomic mass is 16.7. The van der Waals surface area contributed by atoms with Gasteiger partial charge >= 0.3 is 5.97 Å².